The maximum Gasteiger partial charge on any atom is 0.00166 e. The van der Waals surface area contributed by atoms with Gasteiger partial charge in [0.2, 0.25) is 0 Å². The molecule has 0 spiro atoms. The second-order valence-electron chi connectivity index (χ2n) is 2.82. The van der Waals surface area contributed by atoms with Crippen molar-refractivity contribution in [2.75, 3.05) is 13.1 Å². The van der Waals surface area contributed by atoms with Gasteiger partial charge >= 0.3 is 0 Å². The molecule has 0 amide bonds. The molecular weight excluding hydrogens is 112 g/mol. The van der Waals surface area contributed by atoms with Gasteiger partial charge in [0.05, 0.1) is 0 Å². The summed E-state index contributed by atoms with van der Waals surface area (Å²) in [5.74, 6) is 0.590. The van der Waals surface area contributed by atoms with Crippen molar-refractivity contribution >= 4 is 0 Å². The second-order valence-corrected chi connectivity index (χ2v) is 2.82. The van der Waals surface area contributed by atoms with Crippen LogP contribution in [0, 0.1) is 11.3 Å². The first kappa shape index (κ1) is 6.78. The van der Waals surface area contributed by atoms with Gasteiger partial charge in [0.1, 0.15) is 0 Å². The summed E-state index contributed by atoms with van der Waals surface area (Å²) in [6.07, 6.45) is 3.10. The van der Waals surface area contributed by atoms with Gasteiger partial charge in [0, 0.05) is 5.41 Å². The zero-order chi connectivity index (χ0) is 6.91. The van der Waals surface area contributed by atoms with E-state index in [1.165, 1.54) is 0 Å². The van der Waals surface area contributed by atoms with Crippen LogP contribution in [-0.4, -0.2) is 13.1 Å². The van der Waals surface area contributed by atoms with Gasteiger partial charge in [-0.1, -0.05) is 6.08 Å². The lowest BCUT2D eigenvalue weighted by Crippen LogP contribution is -2.26. The van der Waals surface area contributed by atoms with Crippen LogP contribution < -0.4 is 11.5 Å². The van der Waals surface area contributed by atoms with E-state index in [2.05, 4.69) is 6.58 Å². The molecular formula is C7H14N2. The first-order valence-corrected chi connectivity index (χ1v) is 3.32. The lowest BCUT2D eigenvalue weighted by atomic mass is 10.1. The van der Waals surface area contributed by atoms with E-state index in [0.717, 1.165) is 6.42 Å². The lowest BCUT2D eigenvalue weighted by molar-refractivity contribution is 0.508. The van der Waals surface area contributed by atoms with Gasteiger partial charge in [0.25, 0.3) is 0 Å². The second kappa shape index (κ2) is 2.12. The normalized spacial score (nSPS) is 29.8. The van der Waals surface area contributed by atoms with Crippen molar-refractivity contribution in [1.29, 1.82) is 0 Å². The molecule has 2 nitrogen and oxygen atoms in total. The van der Waals surface area contributed by atoms with E-state index in [9.17, 15) is 0 Å². The first-order chi connectivity index (χ1) is 4.29. The van der Waals surface area contributed by atoms with Crippen LogP contribution in [-0.2, 0) is 0 Å². The van der Waals surface area contributed by atoms with Crippen LogP contribution in [0.15, 0.2) is 12.7 Å². The van der Waals surface area contributed by atoms with Crippen molar-refractivity contribution in [2.24, 2.45) is 22.8 Å². The molecule has 0 bridgehead atoms. The van der Waals surface area contributed by atoms with E-state index < -0.39 is 0 Å². The topological polar surface area (TPSA) is 52.0 Å². The van der Waals surface area contributed by atoms with Gasteiger partial charge in [0.15, 0.2) is 0 Å². The molecule has 0 aliphatic heterocycles. The summed E-state index contributed by atoms with van der Waals surface area (Å²) in [5.41, 5.74) is 11.3. The van der Waals surface area contributed by atoms with E-state index in [1.807, 2.05) is 6.08 Å². The minimum atomic E-state index is 0.238. The SMILES string of the molecule is C=CC1CC1(CN)CN. The molecule has 0 aromatic carbocycles. The Labute approximate surface area is 55.9 Å². The van der Waals surface area contributed by atoms with Crippen LogP contribution in [0.3, 0.4) is 0 Å². The van der Waals surface area contributed by atoms with Gasteiger partial charge < -0.3 is 11.5 Å². The molecule has 4 N–H and O–H groups in total. The summed E-state index contributed by atoms with van der Waals surface area (Å²) < 4.78 is 0. The molecule has 0 aromatic heterocycles. The molecule has 1 rings (SSSR count). The zero-order valence-corrected chi connectivity index (χ0v) is 5.64. The van der Waals surface area contributed by atoms with Crippen molar-refractivity contribution in [3.05, 3.63) is 12.7 Å². The highest BCUT2D eigenvalue weighted by molar-refractivity contribution is 5.10. The molecule has 1 atom stereocenters. The van der Waals surface area contributed by atoms with Crippen LogP contribution >= 0.6 is 0 Å². The van der Waals surface area contributed by atoms with Crippen molar-refractivity contribution in [3.63, 3.8) is 0 Å². The fourth-order valence-electron chi connectivity index (χ4n) is 1.27. The fraction of sp³-hybridized carbons (Fsp3) is 0.714. The number of hydrogen-bond acceptors (Lipinski definition) is 2. The highest BCUT2D eigenvalue weighted by atomic mass is 14.8. The van der Waals surface area contributed by atoms with Gasteiger partial charge in [-0.15, -0.1) is 6.58 Å². The molecule has 0 radical (unpaired) electrons. The average molecular weight is 126 g/mol. The smallest absolute Gasteiger partial charge is 0.00166 e. The van der Waals surface area contributed by atoms with Gasteiger partial charge in [-0.3, -0.25) is 0 Å². The zero-order valence-electron chi connectivity index (χ0n) is 5.64. The number of allylic oxidation sites excluding steroid dienone is 1. The van der Waals surface area contributed by atoms with Gasteiger partial charge in [-0.05, 0) is 25.4 Å². The molecule has 52 valence electrons. The third-order valence-electron chi connectivity index (χ3n) is 2.35. The number of hydrogen-bond donors (Lipinski definition) is 2. The Morgan fingerprint density at radius 2 is 2.11 bits per heavy atom. The predicted molar refractivity (Wildman–Crippen MR) is 38.8 cm³/mol. The minimum Gasteiger partial charge on any atom is -0.330 e. The van der Waals surface area contributed by atoms with E-state index in [1.54, 1.807) is 0 Å². The fourth-order valence-corrected chi connectivity index (χ4v) is 1.27. The third kappa shape index (κ3) is 0.884. The van der Waals surface area contributed by atoms with Gasteiger partial charge in [-0.2, -0.15) is 0 Å². The highest BCUT2D eigenvalue weighted by Gasteiger charge is 2.49. The average Bonchev–Trinajstić information content (AvgIpc) is 2.63. The summed E-state index contributed by atoms with van der Waals surface area (Å²) in [7, 11) is 0. The quantitative estimate of drug-likeness (QED) is 0.527. The number of rotatable bonds is 3. The molecule has 1 saturated carbocycles. The monoisotopic (exact) mass is 126 g/mol. The van der Waals surface area contributed by atoms with Crippen molar-refractivity contribution < 1.29 is 0 Å². The highest BCUT2D eigenvalue weighted by Crippen LogP contribution is 2.51. The third-order valence-corrected chi connectivity index (χ3v) is 2.35. The van der Waals surface area contributed by atoms with Gasteiger partial charge in [-0.25, -0.2) is 0 Å². The first-order valence-electron chi connectivity index (χ1n) is 3.32. The Hall–Kier alpha value is -0.340. The Morgan fingerprint density at radius 3 is 2.22 bits per heavy atom. The van der Waals surface area contributed by atoms with Crippen LogP contribution in [0.5, 0.6) is 0 Å². The van der Waals surface area contributed by atoms with Crippen molar-refractivity contribution in [2.45, 2.75) is 6.42 Å². The van der Waals surface area contributed by atoms with E-state index in [4.69, 9.17) is 11.5 Å². The predicted octanol–water partition coefficient (Wildman–Crippen LogP) is 0.0961. The summed E-state index contributed by atoms with van der Waals surface area (Å²) in [4.78, 5) is 0. The standard InChI is InChI=1S/C7H14N2/c1-2-6-3-7(6,4-8)5-9/h2,6H,1,3-5,8-9H2. The van der Waals surface area contributed by atoms with Crippen LogP contribution in [0.25, 0.3) is 0 Å². The molecule has 1 fully saturated rings. The molecule has 0 aromatic rings. The molecule has 1 aliphatic rings. The van der Waals surface area contributed by atoms with E-state index in [-0.39, 0.29) is 5.41 Å². The molecule has 9 heavy (non-hydrogen) atoms. The molecule has 2 heteroatoms. The largest absolute Gasteiger partial charge is 0.330 e. The molecule has 1 unspecified atom stereocenters. The maximum atomic E-state index is 5.52. The molecule has 0 heterocycles. The van der Waals surface area contributed by atoms with Crippen LogP contribution in [0.4, 0.5) is 0 Å². The Balaban J connectivity index is 2.46. The lowest BCUT2D eigenvalue weighted by Gasteiger charge is -2.08. The Bertz CT molecular complexity index is 116. The van der Waals surface area contributed by atoms with Crippen LogP contribution in [0.1, 0.15) is 6.42 Å². The van der Waals surface area contributed by atoms with E-state index >= 15 is 0 Å². The summed E-state index contributed by atoms with van der Waals surface area (Å²) in [6, 6.07) is 0. The Morgan fingerprint density at radius 1 is 1.56 bits per heavy atom. The van der Waals surface area contributed by atoms with Crippen molar-refractivity contribution in [3.8, 4) is 0 Å². The number of nitrogens with two attached hydrogens (primary N) is 2. The summed E-state index contributed by atoms with van der Waals surface area (Å²) in [5, 5.41) is 0. The summed E-state index contributed by atoms with van der Waals surface area (Å²) >= 11 is 0. The summed E-state index contributed by atoms with van der Waals surface area (Å²) in [6.45, 7) is 5.12. The molecule has 1 aliphatic carbocycles. The van der Waals surface area contributed by atoms with Crippen LogP contribution in [0.2, 0.25) is 0 Å². The Kier molecular flexibility index (Phi) is 1.60. The van der Waals surface area contributed by atoms with Crippen molar-refractivity contribution in [1.82, 2.24) is 0 Å². The molecule has 0 saturated heterocycles. The van der Waals surface area contributed by atoms with E-state index in [0.29, 0.717) is 19.0 Å². The maximum absolute atomic E-state index is 5.52. The minimum absolute atomic E-state index is 0.238.